The highest BCUT2D eigenvalue weighted by Crippen LogP contribution is 2.70. The van der Waals surface area contributed by atoms with Gasteiger partial charge in [0.15, 0.2) is 0 Å². The van der Waals surface area contributed by atoms with E-state index in [0.29, 0.717) is 25.6 Å². The fourth-order valence-electron chi connectivity index (χ4n) is 7.39. The summed E-state index contributed by atoms with van der Waals surface area (Å²) in [5, 5.41) is 0. The van der Waals surface area contributed by atoms with Gasteiger partial charge in [-0.3, -0.25) is 9.59 Å². The van der Waals surface area contributed by atoms with Crippen LogP contribution in [-0.4, -0.2) is 60.9 Å². The van der Waals surface area contributed by atoms with Gasteiger partial charge in [0.1, 0.15) is 11.7 Å². The third-order valence-electron chi connectivity index (χ3n) is 8.77. The molecule has 0 amide bonds. The molecule has 0 aromatic carbocycles. The molecule has 162 valence electrons. The van der Waals surface area contributed by atoms with Gasteiger partial charge in [-0.15, -0.1) is 0 Å². The Balaban J connectivity index is 1.31. The minimum atomic E-state index is -0.135. The Morgan fingerprint density at radius 2 is 2.14 bits per heavy atom. The predicted molar refractivity (Wildman–Crippen MR) is 106 cm³/mol. The zero-order chi connectivity index (χ0) is 20.4. The Bertz CT molecular complexity index is 697. The molecule has 8 atom stereocenters. The molecule has 2 aliphatic carbocycles. The minimum absolute atomic E-state index is 0.00549. The third-order valence-corrected chi connectivity index (χ3v) is 8.77. The predicted octanol–water partition coefficient (Wildman–Crippen LogP) is 2.79. The number of fused-ring (bicyclic) bond motifs is 2. The summed E-state index contributed by atoms with van der Waals surface area (Å²) in [7, 11) is 0. The number of nitrogens with zero attached hydrogens (tertiary/aromatic N) is 1. The van der Waals surface area contributed by atoms with Gasteiger partial charge in [-0.1, -0.05) is 20.3 Å². The van der Waals surface area contributed by atoms with Crippen LogP contribution in [0.5, 0.6) is 0 Å². The maximum atomic E-state index is 12.9. The van der Waals surface area contributed by atoms with E-state index in [1.807, 2.05) is 6.92 Å². The van der Waals surface area contributed by atoms with Crippen LogP contribution in [0.3, 0.4) is 0 Å². The van der Waals surface area contributed by atoms with Crippen LogP contribution >= 0.6 is 0 Å². The van der Waals surface area contributed by atoms with E-state index in [0.717, 1.165) is 25.8 Å². The molecule has 0 bridgehead atoms. The monoisotopic (exact) mass is 405 g/mol. The zero-order valence-corrected chi connectivity index (χ0v) is 18.0. The molecule has 6 nitrogen and oxygen atoms in total. The number of epoxide rings is 1. The summed E-state index contributed by atoms with van der Waals surface area (Å²) in [5.41, 5.74) is 0.0831. The van der Waals surface area contributed by atoms with Crippen molar-refractivity contribution < 1.29 is 23.8 Å². The van der Waals surface area contributed by atoms with Crippen molar-refractivity contribution in [2.75, 3.05) is 26.2 Å². The summed E-state index contributed by atoms with van der Waals surface area (Å²) in [6.07, 6.45) is 6.57. The molecular weight excluding hydrogens is 370 g/mol. The highest BCUT2D eigenvalue weighted by atomic mass is 16.6. The van der Waals surface area contributed by atoms with Crippen LogP contribution in [0, 0.1) is 29.1 Å². The fourth-order valence-corrected chi connectivity index (χ4v) is 7.39. The van der Waals surface area contributed by atoms with Gasteiger partial charge in [0.25, 0.3) is 0 Å². The molecular formula is C23H35NO5. The molecule has 0 aromatic rings. The smallest absolute Gasteiger partial charge is 0.311 e. The van der Waals surface area contributed by atoms with Gasteiger partial charge >= 0.3 is 11.9 Å². The second-order valence-corrected chi connectivity index (χ2v) is 10.4. The normalized spacial score (nSPS) is 48.9. The molecule has 5 aliphatic rings. The molecule has 1 spiro atoms. The molecule has 0 radical (unpaired) electrons. The average Bonchev–Trinajstić information content (AvgIpc) is 3.37. The van der Waals surface area contributed by atoms with Crippen LogP contribution in [0.2, 0.25) is 0 Å². The Labute approximate surface area is 173 Å². The lowest BCUT2D eigenvalue weighted by atomic mass is 9.53. The van der Waals surface area contributed by atoms with Gasteiger partial charge in [0, 0.05) is 24.4 Å². The quantitative estimate of drug-likeness (QED) is 0.529. The lowest BCUT2D eigenvalue weighted by Gasteiger charge is -2.49. The van der Waals surface area contributed by atoms with E-state index < -0.39 is 0 Å². The standard InChI is InChI=1S/C23H35NO5/c1-4-27-20(25)15-8-6-10-24(12-15)13-16-18-17(28-21(16)26)11-22(3)9-5-7-14(2)23(22)19(18)29-23/h14-19H,4-13H2,1-3H3/t14-,15?,16?,17+,18+,19?,22+,23?/m0/s1. The van der Waals surface area contributed by atoms with Crippen molar-refractivity contribution in [1.29, 1.82) is 0 Å². The number of piperidine rings is 1. The Hall–Kier alpha value is -1.14. The van der Waals surface area contributed by atoms with Crippen molar-refractivity contribution in [3.8, 4) is 0 Å². The lowest BCUT2D eigenvalue weighted by Crippen LogP contribution is -2.55. The first-order chi connectivity index (χ1) is 13.9. The fraction of sp³-hybridized carbons (Fsp3) is 0.913. The SMILES string of the molecule is CCOC(=O)C1CCCN(CC2C(=O)O[C@@H]3C[C@@]4(C)CCC[C@H](C)C45OC5[C@H]23)C1. The Morgan fingerprint density at radius 3 is 2.93 bits per heavy atom. The first kappa shape index (κ1) is 19.8. The van der Waals surface area contributed by atoms with Crippen LogP contribution in [0.1, 0.15) is 59.3 Å². The third kappa shape index (κ3) is 2.88. The summed E-state index contributed by atoms with van der Waals surface area (Å²) in [6, 6.07) is 0. The maximum Gasteiger partial charge on any atom is 0.311 e. The molecule has 4 unspecified atom stereocenters. The summed E-state index contributed by atoms with van der Waals surface area (Å²) < 4.78 is 17.7. The van der Waals surface area contributed by atoms with Gasteiger partial charge in [0.2, 0.25) is 0 Å². The highest BCUT2D eigenvalue weighted by Gasteiger charge is 2.78. The van der Waals surface area contributed by atoms with Crippen LogP contribution < -0.4 is 0 Å². The first-order valence-corrected chi connectivity index (χ1v) is 11.7. The average molecular weight is 406 g/mol. The number of ether oxygens (including phenoxy) is 3. The van der Waals surface area contributed by atoms with Crippen molar-refractivity contribution in [2.24, 2.45) is 29.1 Å². The summed E-state index contributed by atoms with van der Waals surface area (Å²) in [6.45, 7) is 9.25. The van der Waals surface area contributed by atoms with Crippen molar-refractivity contribution in [2.45, 2.75) is 77.1 Å². The van der Waals surface area contributed by atoms with Gasteiger partial charge in [-0.25, -0.2) is 0 Å². The van der Waals surface area contributed by atoms with Gasteiger partial charge in [0.05, 0.1) is 24.5 Å². The van der Waals surface area contributed by atoms with Crippen LogP contribution in [0.15, 0.2) is 0 Å². The van der Waals surface area contributed by atoms with E-state index in [1.165, 1.54) is 19.3 Å². The van der Waals surface area contributed by atoms with E-state index in [9.17, 15) is 9.59 Å². The lowest BCUT2D eigenvalue weighted by molar-refractivity contribution is -0.150. The Morgan fingerprint density at radius 1 is 1.31 bits per heavy atom. The van der Waals surface area contributed by atoms with Crippen molar-refractivity contribution in [3.05, 3.63) is 0 Å². The summed E-state index contributed by atoms with van der Waals surface area (Å²) in [4.78, 5) is 27.4. The molecule has 6 heteroatoms. The van der Waals surface area contributed by atoms with Crippen LogP contribution in [0.4, 0.5) is 0 Å². The molecule has 5 fully saturated rings. The van der Waals surface area contributed by atoms with Gasteiger partial charge in [-0.2, -0.15) is 0 Å². The van der Waals surface area contributed by atoms with E-state index in [4.69, 9.17) is 14.2 Å². The molecule has 0 N–H and O–H groups in total. The largest absolute Gasteiger partial charge is 0.466 e. The molecule has 3 saturated heterocycles. The molecule has 5 rings (SSSR count). The first-order valence-electron chi connectivity index (χ1n) is 11.7. The number of hydrogen-bond acceptors (Lipinski definition) is 6. The Kier molecular flexibility index (Phi) is 4.74. The number of hydrogen-bond donors (Lipinski definition) is 0. The second kappa shape index (κ2) is 6.94. The van der Waals surface area contributed by atoms with Gasteiger partial charge in [-0.05, 0) is 51.5 Å². The minimum Gasteiger partial charge on any atom is -0.466 e. The highest BCUT2D eigenvalue weighted by molar-refractivity contribution is 5.76. The van der Waals surface area contributed by atoms with Crippen molar-refractivity contribution >= 4 is 11.9 Å². The van der Waals surface area contributed by atoms with Gasteiger partial charge < -0.3 is 19.1 Å². The van der Waals surface area contributed by atoms with Crippen molar-refractivity contribution in [3.63, 3.8) is 0 Å². The number of rotatable bonds is 4. The number of carbonyl (C=O) groups excluding carboxylic acids is 2. The second-order valence-electron chi connectivity index (χ2n) is 10.4. The summed E-state index contributed by atoms with van der Waals surface area (Å²) >= 11 is 0. The number of esters is 2. The zero-order valence-electron chi connectivity index (χ0n) is 18.0. The molecule has 0 aromatic heterocycles. The van der Waals surface area contributed by atoms with E-state index in [2.05, 4.69) is 18.7 Å². The maximum absolute atomic E-state index is 12.9. The van der Waals surface area contributed by atoms with E-state index in [-0.39, 0.29) is 52.9 Å². The number of carbonyl (C=O) groups is 2. The van der Waals surface area contributed by atoms with E-state index in [1.54, 1.807) is 0 Å². The molecule has 3 aliphatic heterocycles. The molecule has 3 heterocycles. The molecule has 29 heavy (non-hydrogen) atoms. The van der Waals surface area contributed by atoms with E-state index >= 15 is 0 Å². The topological polar surface area (TPSA) is 68.4 Å². The molecule has 2 saturated carbocycles. The summed E-state index contributed by atoms with van der Waals surface area (Å²) in [5.74, 6) is 0.347. The van der Waals surface area contributed by atoms with Crippen LogP contribution in [0.25, 0.3) is 0 Å². The number of likely N-dealkylation sites (tertiary alicyclic amines) is 1. The van der Waals surface area contributed by atoms with Crippen LogP contribution in [-0.2, 0) is 23.8 Å². The van der Waals surface area contributed by atoms with Crippen molar-refractivity contribution in [1.82, 2.24) is 4.90 Å².